The minimum Gasteiger partial charge on any atom is -0.444 e. The van der Waals surface area contributed by atoms with E-state index < -0.39 is 5.60 Å². The van der Waals surface area contributed by atoms with Crippen molar-refractivity contribution >= 4 is 34.5 Å². The second-order valence-electron chi connectivity index (χ2n) is 6.56. The van der Waals surface area contributed by atoms with Gasteiger partial charge in [-0.25, -0.2) is 14.8 Å². The quantitative estimate of drug-likeness (QED) is 0.519. The first-order valence-corrected chi connectivity index (χ1v) is 8.49. The molecule has 0 unspecified atom stereocenters. The van der Waals surface area contributed by atoms with Crippen molar-refractivity contribution in [2.24, 2.45) is 0 Å². The molecule has 1 atom stereocenters. The summed E-state index contributed by atoms with van der Waals surface area (Å²) in [5.74, 6) is 1.69. The van der Waals surface area contributed by atoms with Gasteiger partial charge in [-0.2, -0.15) is 0 Å². The molecule has 0 radical (unpaired) electrons. The average molecular weight is 418 g/mol. The minimum absolute atomic E-state index is 0.186. The van der Waals surface area contributed by atoms with Crippen molar-refractivity contribution in [2.75, 3.05) is 24.5 Å². The van der Waals surface area contributed by atoms with Crippen LogP contribution < -0.4 is 4.90 Å². The number of carbonyl (C=O) groups excluding carboxylic acids is 1. The van der Waals surface area contributed by atoms with E-state index in [0.717, 1.165) is 21.9 Å². The van der Waals surface area contributed by atoms with Crippen LogP contribution >= 0.6 is 22.6 Å². The zero-order chi connectivity index (χ0) is 16.5. The number of nitrogens with zero attached hydrogens (tertiary/aromatic N) is 4. The number of hydrogen-bond acceptors (Lipinski definition) is 5. The Hall–Kier alpha value is -1.12. The molecule has 22 heavy (non-hydrogen) atoms. The maximum Gasteiger partial charge on any atom is 0.410 e. The van der Waals surface area contributed by atoms with Crippen molar-refractivity contribution in [1.82, 2.24) is 14.9 Å². The first-order chi connectivity index (χ1) is 10.2. The van der Waals surface area contributed by atoms with Gasteiger partial charge in [0, 0.05) is 31.7 Å². The predicted octanol–water partition coefficient (Wildman–Crippen LogP) is 2.84. The standard InChI is InChI=1S/C15H23IN4O2/c1-10-9-19(14(21)22-15(3,4)5)6-7-20(10)13-8-12(16)17-11(2)18-13/h8,10H,6-7,9H2,1-5H3/t10-/m0/s1. The highest BCUT2D eigenvalue weighted by Crippen LogP contribution is 2.21. The third-order valence-corrected chi connectivity index (χ3v) is 3.92. The van der Waals surface area contributed by atoms with E-state index in [-0.39, 0.29) is 12.1 Å². The van der Waals surface area contributed by atoms with Crippen LogP contribution in [0.4, 0.5) is 10.6 Å². The molecule has 1 aromatic rings. The largest absolute Gasteiger partial charge is 0.444 e. The summed E-state index contributed by atoms with van der Waals surface area (Å²) in [5.41, 5.74) is -0.461. The second kappa shape index (κ2) is 6.55. The number of hydrogen-bond donors (Lipinski definition) is 0. The van der Waals surface area contributed by atoms with Gasteiger partial charge in [-0.15, -0.1) is 0 Å². The van der Waals surface area contributed by atoms with Gasteiger partial charge >= 0.3 is 6.09 Å². The van der Waals surface area contributed by atoms with Crippen LogP contribution in [-0.2, 0) is 4.74 Å². The summed E-state index contributed by atoms with van der Waals surface area (Å²) >= 11 is 2.20. The smallest absolute Gasteiger partial charge is 0.410 e. The fourth-order valence-electron chi connectivity index (χ4n) is 2.45. The number of halogens is 1. The van der Waals surface area contributed by atoms with Gasteiger partial charge in [-0.05, 0) is 57.2 Å². The van der Waals surface area contributed by atoms with Crippen LogP contribution in [0.25, 0.3) is 0 Å². The van der Waals surface area contributed by atoms with Crippen molar-refractivity contribution in [3.8, 4) is 0 Å². The Morgan fingerprint density at radius 1 is 1.36 bits per heavy atom. The van der Waals surface area contributed by atoms with Crippen LogP contribution in [0.15, 0.2) is 6.07 Å². The number of piperazine rings is 1. The van der Waals surface area contributed by atoms with Gasteiger partial charge < -0.3 is 14.5 Å². The van der Waals surface area contributed by atoms with Crippen LogP contribution in [0.5, 0.6) is 0 Å². The van der Waals surface area contributed by atoms with Gasteiger partial charge in [0.2, 0.25) is 0 Å². The lowest BCUT2D eigenvalue weighted by molar-refractivity contribution is 0.0218. The molecule has 1 saturated heterocycles. The predicted molar refractivity (Wildman–Crippen MR) is 94.1 cm³/mol. The number of amides is 1. The Morgan fingerprint density at radius 2 is 2.05 bits per heavy atom. The molecule has 0 bridgehead atoms. The van der Waals surface area contributed by atoms with Crippen LogP contribution in [0.1, 0.15) is 33.5 Å². The molecule has 1 fully saturated rings. The molecule has 6 nitrogen and oxygen atoms in total. The molecule has 0 N–H and O–H groups in total. The molecular weight excluding hydrogens is 395 g/mol. The van der Waals surface area contributed by atoms with Crippen molar-refractivity contribution in [1.29, 1.82) is 0 Å². The van der Waals surface area contributed by atoms with Crippen LogP contribution in [0, 0.1) is 10.6 Å². The van der Waals surface area contributed by atoms with Gasteiger partial charge in [-0.1, -0.05) is 0 Å². The Balaban J connectivity index is 2.05. The van der Waals surface area contributed by atoms with E-state index in [1.165, 1.54) is 0 Å². The zero-order valence-electron chi connectivity index (χ0n) is 13.8. The SMILES string of the molecule is Cc1nc(I)cc(N2CCN(C(=O)OC(C)(C)C)C[C@@H]2C)n1. The van der Waals surface area contributed by atoms with E-state index in [1.54, 1.807) is 4.90 Å². The number of rotatable bonds is 1. The molecule has 1 amide bonds. The highest BCUT2D eigenvalue weighted by atomic mass is 127. The monoisotopic (exact) mass is 418 g/mol. The summed E-state index contributed by atoms with van der Waals surface area (Å²) in [6, 6.07) is 2.17. The lowest BCUT2D eigenvalue weighted by Gasteiger charge is -2.40. The fourth-order valence-corrected chi connectivity index (χ4v) is 3.08. The molecule has 1 aliphatic rings. The summed E-state index contributed by atoms with van der Waals surface area (Å²) in [5, 5.41) is 0. The summed E-state index contributed by atoms with van der Waals surface area (Å²) in [6.45, 7) is 11.7. The van der Waals surface area contributed by atoms with E-state index in [4.69, 9.17) is 4.74 Å². The minimum atomic E-state index is -0.461. The molecule has 0 saturated carbocycles. The van der Waals surface area contributed by atoms with E-state index in [2.05, 4.69) is 44.4 Å². The van der Waals surface area contributed by atoms with Gasteiger partial charge in [0.1, 0.15) is 20.9 Å². The fraction of sp³-hybridized carbons (Fsp3) is 0.667. The third kappa shape index (κ3) is 4.44. The van der Waals surface area contributed by atoms with E-state index >= 15 is 0 Å². The highest BCUT2D eigenvalue weighted by Gasteiger charge is 2.30. The van der Waals surface area contributed by atoms with E-state index in [1.807, 2.05) is 33.8 Å². The molecule has 0 aromatic carbocycles. The van der Waals surface area contributed by atoms with Gasteiger partial charge in [0.05, 0.1) is 0 Å². The number of aromatic nitrogens is 2. The molecule has 2 heterocycles. The summed E-state index contributed by atoms with van der Waals surface area (Å²) < 4.78 is 6.38. The summed E-state index contributed by atoms with van der Waals surface area (Å²) in [4.78, 5) is 25.0. The third-order valence-electron chi connectivity index (χ3n) is 3.37. The maximum absolute atomic E-state index is 12.2. The number of ether oxygens (including phenoxy) is 1. The van der Waals surface area contributed by atoms with E-state index in [9.17, 15) is 4.79 Å². The molecule has 7 heteroatoms. The number of aryl methyl sites for hydroxylation is 1. The lowest BCUT2D eigenvalue weighted by atomic mass is 10.2. The molecule has 2 rings (SSSR count). The van der Waals surface area contributed by atoms with Crippen LogP contribution in [0.2, 0.25) is 0 Å². The Morgan fingerprint density at radius 3 is 2.59 bits per heavy atom. The van der Waals surface area contributed by atoms with Crippen LogP contribution in [-0.4, -0.2) is 52.2 Å². The van der Waals surface area contributed by atoms with Crippen molar-refractivity contribution in [3.63, 3.8) is 0 Å². The van der Waals surface area contributed by atoms with Crippen molar-refractivity contribution < 1.29 is 9.53 Å². The normalized spacial score (nSPS) is 19.3. The Kier molecular flexibility index (Phi) is 5.14. The molecule has 1 aliphatic heterocycles. The summed E-state index contributed by atoms with van der Waals surface area (Å²) in [7, 11) is 0. The molecule has 1 aromatic heterocycles. The molecule has 122 valence electrons. The van der Waals surface area contributed by atoms with Crippen molar-refractivity contribution in [3.05, 3.63) is 15.6 Å². The summed E-state index contributed by atoms with van der Waals surface area (Å²) in [6.07, 6.45) is -0.243. The molecular formula is C15H23IN4O2. The van der Waals surface area contributed by atoms with Gasteiger partial charge in [0.25, 0.3) is 0 Å². The topological polar surface area (TPSA) is 58.6 Å². The average Bonchev–Trinajstić information content (AvgIpc) is 2.35. The Labute approximate surface area is 145 Å². The number of anilines is 1. The Bertz CT molecular complexity index is 539. The molecule has 0 aliphatic carbocycles. The number of carbonyl (C=O) groups is 1. The molecule has 0 spiro atoms. The van der Waals surface area contributed by atoms with Crippen LogP contribution in [0.3, 0.4) is 0 Å². The van der Waals surface area contributed by atoms with Gasteiger partial charge in [-0.3, -0.25) is 0 Å². The van der Waals surface area contributed by atoms with E-state index in [0.29, 0.717) is 13.1 Å². The zero-order valence-corrected chi connectivity index (χ0v) is 15.9. The van der Waals surface area contributed by atoms with Crippen molar-refractivity contribution in [2.45, 2.75) is 46.3 Å². The second-order valence-corrected chi connectivity index (χ2v) is 7.67. The highest BCUT2D eigenvalue weighted by molar-refractivity contribution is 14.1. The lowest BCUT2D eigenvalue weighted by Crippen LogP contribution is -2.54. The van der Waals surface area contributed by atoms with Gasteiger partial charge in [0.15, 0.2) is 0 Å². The first-order valence-electron chi connectivity index (χ1n) is 7.41. The maximum atomic E-state index is 12.2. The first kappa shape index (κ1) is 17.2.